The molecule has 1 atom stereocenters. The third-order valence-electron chi connectivity index (χ3n) is 5.38. The Kier molecular flexibility index (Phi) is 5.77. The maximum Gasteiger partial charge on any atom is 0.237 e. The average molecular weight is 365 g/mol. The predicted octanol–water partition coefficient (Wildman–Crippen LogP) is 2.47. The number of amides is 1. The van der Waals surface area contributed by atoms with Crippen LogP contribution in [0.4, 0.5) is 0 Å². The van der Waals surface area contributed by atoms with E-state index in [0.717, 1.165) is 31.5 Å². The van der Waals surface area contributed by atoms with Crippen LogP contribution in [0.15, 0.2) is 24.3 Å². The van der Waals surface area contributed by atoms with E-state index in [1.807, 2.05) is 18.2 Å². The van der Waals surface area contributed by atoms with Gasteiger partial charge in [-0.15, -0.1) is 0 Å². The lowest BCUT2D eigenvalue weighted by atomic mass is 9.74. The van der Waals surface area contributed by atoms with Gasteiger partial charge in [-0.25, -0.2) is 0 Å². The second-order valence-electron chi connectivity index (χ2n) is 6.81. The second-order valence-corrected chi connectivity index (χ2v) is 7.22. The summed E-state index contributed by atoms with van der Waals surface area (Å²) in [5.74, 6) is 0.0433. The first-order valence-corrected chi connectivity index (χ1v) is 9.28. The van der Waals surface area contributed by atoms with Crippen molar-refractivity contribution in [2.24, 2.45) is 0 Å². The van der Waals surface area contributed by atoms with Gasteiger partial charge in [0.2, 0.25) is 5.91 Å². The number of rotatable bonds is 4. The van der Waals surface area contributed by atoms with E-state index in [2.05, 4.69) is 4.90 Å². The maximum absolute atomic E-state index is 13.0. The molecule has 0 N–H and O–H groups in total. The lowest BCUT2D eigenvalue weighted by Crippen LogP contribution is -2.56. The van der Waals surface area contributed by atoms with E-state index >= 15 is 0 Å². The number of hydrogen-bond donors (Lipinski definition) is 0. The Balaban J connectivity index is 1.90. The van der Waals surface area contributed by atoms with Crippen LogP contribution in [-0.4, -0.2) is 61.4 Å². The highest BCUT2D eigenvalue weighted by Gasteiger charge is 2.47. The monoisotopic (exact) mass is 364 g/mol. The van der Waals surface area contributed by atoms with E-state index in [9.17, 15) is 9.59 Å². The van der Waals surface area contributed by atoms with Gasteiger partial charge in [0.1, 0.15) is 5.54 Å². The zero-order chi connectivity index (χ0) is 17.9. The molecule has 2 aliphatic rings. The van der Waals surface area contributed by atoms with Crippen LogP contribution in [0.1, 0.15) is 31.2 Å². The average Bonchev–Trinajstić information content (AvgIpc) is 2.63. The zero-order valence-corrected chi connectivity index (χ0v) is 15.4. The number of ketones is 1. The van der Waals surface area contributed by atoms with E-state index < -0.39 is 5.54 Å². The molecule has 25 heavy (non-hydrogen) atoms. The van der Waals surface area contributed by atoms with Gasteiger partial charge in [-0.2, -0.15) is 0 Å². The van der Waals surface area contributed by atoms with Gasteiger partial charge in [-0.05, 0) is 25.3 Å². The molecule has 1 unspecified atom stereocenters. The molecule has 136 valence electrons. The Bertz CT molecular complexity index is 645. The summed E-state index contributed by atoms with van der Waals surface area (Å²) in [6, 6.07) is 7.40. The van der Waals surface area contributed by atoms with Crippen molar-refractivity contribution in [1.29, 1.82) is 0 Å². The molecule has 1 aliphatic heterocycles. The molecule has 0 spiro atoms. The van der Waals surface area contributed by atoms with E-state index in [0.29, 0.717) is 37.6 Å². The number of likely N-dealkylation sites (N-methyl/N-ethyl adjacent to an activating group) is 1. The smallest absolute Gasteiger partial charge is 0.237 e. The number of nitrogens with zero attached hydrogens (tertiary/aromatic N) is 2. The summed E-state index contributed by atoms with van der Waals surface area (Å²) in [6.45, 7) is 3.08. The summed E-state index contributed by atoms with van der Waals surface area (Å²) in [5.41, 5.74) is -0.195. The Morgan fingerprint density at radius 1 is 1.28 bits per heavy atom. The van der Waals surface area contributed by atoms with Crippen LogP contribution in [0.2, 0.25) is 5.02 Å². The molecule has 1 aromatic rings. The lowest BCUT2D eigenvalue weighted by molar-refractivity contribution is -0.149. The second kappa shape index (κ2) is 7.85. The molecule has 0 radical (unpaired) electrons. The number of benzene rings is 1. The van der Waals surface area contributed by atoms with Crippen molar-refractivity contribution in [3.63, 3.8) is 0 Å². The third-order valence-corrected chi connectivity index (χ3v) is 5.71. The minimum atomic E-state index is -0.944. The van der Waals surface area contributed by atoms with Crippen molar-refractivity contribution in [1.82, 2.24) is 9.80 Å². The molecule has 6 heteroatoms. The van der Waals surface area contributed by atoms with Gasteiger partial charge >= 0.3 is 0 Å². The van der Waals surface area contributed by atoms with Crippen LogP contribution in [0, 0.1) is 0 Å². The summed E-state index contributed by atoms with van der Waals surface area (Å²) in [4.78, 5) is 29.7. The summed E-state index contributed by atoms with van der Waals surface area (Å²) >= 11 is 6.44. The van der Waals surface area contributed by atoms with Crippen LogP contribution in [0.3, 0.4) is 0 Å². The van der Waals surface area contributed by atoms with E-state index in [1.54, 1.807) is 18.0 Å². The first kappa shape index (κ1) is 18.4. The highest BCUT2D eigenvalue weighted by molar-refractivity contribution is 6.31. The Labute approximate surface area is 153 Å². The first-order valence-electron chi connectivity index (χ1n) is 8.91. The fraction of sp³-hybridized carbons (Fsp3) is 0.579. The molecule has 0 bridgehead atoms. The van der Waals surface area contributed by atoms with Crippen molar-refractivity contribution in [2.75, 3.05) is 39.9 Å². The molecule has 5 nitrogen and oxygen atoms in total. The third kappa shape index (κ3) is 3.59. The van der Waals surface area contributed by atoms with Crippen molar-refractivity contribution in [3.8, 4) is 0 Å². The standard InChI is InChI=1S/C19H25ClN2O3/c1-21(18(24)14-22-10-12-25-13-11-22)19(9-5-4-8-17(19)23)15-6-2-3-7-16(15)20/h2-3,6-7H,4-5,8-14H2,1H3. The molecular weight excluding hydrogens is 340 g/mol. The Morgan fingerprint density at radius 2 is 2.00 bits per heavy atom. The molecule has 0 aromatic heterocycles. The summed E-state index contributed by atoms with van der Waals surface area (Å²) < 4.78 is 5.34. The number of morpholine rings is 1. The number of Topliss-reactive ketones (excluding diaryl/α,β-unsaturated/α-hetero) is 1. The number of hydrogen-bond acceptors (Lipinski definition) is 4. The summed E-state index contributed by atoms with van der Waals surface area (Å²) in [6.07, 6.45) is 2.89. The fourth-order valence-corrected chi connectivity index (χ4v) is 4.19. The van der Waals surface area contributed by atoms with Crippen molar-refractivity contribution in [3.05, 3.63) is 34.9 Å². The quantitative estimate of drug-likeness (QED) is 0.823. The zero-order valence-electron chi connectivity index (χ0n) is 14.7. The van der Waals surface area contributed by atoms with Crippen LogP contribution in [0.5, 0.6) is 0 Å². The fourth-order valence-electron chi connectivity index (χ4n) is 3.90. The number of carbonyl (C=O) groups excluding carboxylic acids is 2. The van der Waals surface area contributed by atoms with Gasteiger partial charge in [0.05, 0.1) is 19.8 Å². The van der Waals surface area contributed by atoms with Gasteiger partial charge in [0.15, 0.2) is 5.78 Å². The largest absolute Gasteiger partial charge is 0.379 e. The van der Waals surface area contributed by atoms with Gasteiger partial charge in [0, 0.05) is 37.1 Å². The molecule has 1 saturated heterocycles. The van der Waals surface area contributed by atoms with Gasteiger partial charge < -0.3 is 9.64 Å². The maximum atomic E-state index is 13.0. The molecule has 1 aliphatic carbocycles. The highest BCUT2D eigenvalue weighted by Crippen LogP contribution is 2.42. The topological polar surface area (TPSA) is 49.9 Å². The number of halogens is 1. The van der Waals surface area contributed by atoms with Gasteiger partial charge in [-0.1, -0.05) is 29.8 Å². The summed E-state index contributed by atoms with van der Waals surface area (Å²) in [5, 5.41) is 0.545. The molecule has 1 heterocycles. The molecule has 3 rings (SSSR count). The van der Waals surface area contributed by atoms with Gasteiger partial charge in [-0.3, -0.25) is 14.5 Å². The SMILES string of the molecule is CN(C(=O)CN1CCOCC1)C1(c2ccccc2Cl)CCCCC1=O. The number of ether oxygens (including phenoxy) is 1. The van der Waals surface area contributed by atoms with Crippen molar-refractivity contribution < 1.29 is 14.3 Å². The molecule has 1 amide bonds. The van der Waals surface area contributed by atoms with Crippen molar-refractivity contribution >= 4 is 23.3 Å². The molecular formula is C19H25ClN2O3. The first-order chi connectivity index (χ1) is 12.1. The van der Waals surface area contributed by atoms with Crippen LogP contribution in [-0.2, 0) is 19.9 Å². The lowest BCUT2D eigenvalue weighted by Gasteiger charge is -2.44. The number of carbonyl (C=O) groups is 2. The molecule has 1 aromatic carbocycles. The Morgan fingerprint density at radius 3 is 2.68 bits per heavy atom. The van der Waals surface area contributed by atoms with Crippen LogP contribution in [0.25, 0.3) is 0 Å². The minimum Gasteiger partial charge on any atom is -0.379 e. The molecule has 2 fully saturated rings. The van der Waals surface area contributed by atoms with Crippen LogP contribution < -0.4 is 0 Å². The van der Waals surface area contributed by atoms with Gasteiger partial charge in [0.25, 0.3) is 0 Å². The van der Waals surface area contributed by atoms with Crippen LogP contribution >= 0.6 is 11.6 Å². The normalized spacial score (nSPS) is 25.0. The van der Waals surface area contributed by atoms with Crippen molar-refractivity contribution in [2.45, 2.75) is 31.2 Å². The molecule has 1 saturated carbocycles. The van der Waals surface area contributed by atoms with E-state index in [4.69, 9.17) is 16.3 Å². The minimum absolute atomic E-state index is 0.0444. The van der Waals surface area contributed by atoms with E-state index in [1.165, 1.54) is 0 Å². The predicted molar refractivity (Wildman–Crippen MR) is 96.6 cm³/mol. The Hall–Kier alpha value is -1.43. The highest BCUT2D eigenvalue weighted by atomic mass is 35.5. The summed E-state index contributed by atoms with van der Waals surface area (Å²) in [7, 11) is 1.75. The van der Waals surface area contributed by atoms with E-state index in [-0.39, 0.29) is 11.7 Å².